The number of allylic oxidation sites excluding steroid dienone is 3. The molecule has 0 amide bonds. The third-order valence-electron chi connectivity index (χ3n) is 7.47. The van der Waals surface area contributed by atoms with Gasteiger partial charge in [-0.05, 0) is 50.2 Å². The Balaban J connectivity index is 1.62. The van der Waals surface area contributed by atoms with E-state index in [4.69, 9.17) is 10.2 Å². The van der Waals surface area contributed by atoms with Gasteiger partial charge in [-0.25, -0.2) is 0 Å². The van der Waals surface area contributed by atoms with E-state index in [0.29, 0.717) is 12.0 Å². The van der Waals surface area contributed by atoms with Crippen molar-refractivity contribution in [3.05, 3.63) is 77.4 Å². The third kappa shape index (κ3) is 3.18. The van der Waals surface area contributed by atoms with Crippen molar-refractivity contribution in [3.8, 4) is 11.3 Å². The molecule has 3 heteroatoms. The summed E-state index contributed by atoms with van der Waals surface area (Å²) in [6, 6.07) is 13.5. The molecule has 31 heavy (non-hydrogen) atoms. The lowest BCUT2D eigenvalue weighted by Crippen LogP contribution is -2.38. The molecular formula is C28H31N3. The van der Waals surface area contributed by atoms with Gasteiger partial charge in [0, 0.05) is 35.3 Å². The maximum absolute atomic E-state index is 4.83. The standard InChI is InChI=1S/C28H31N3/c1-18-16-19(2)25(20(3)17-18)26-21-10-6-7-11-22(21)27(30-29-26)31(5)24-13-15-28(4)14-9-8-12-23(24)28/h6-12,14,16-17,23-24H,13,15H2,1-5H3. The first kappa shape index (κ1) is 20.0. The normalized spacial score (nSPS) is 24.5. The number of hydrogen-bond donors (Lipinski definition) is 0. The summed E-state index contributed by atoms with van der Waals surface area (Å²) in [5.74, 6) is 1.49. The van der Waals surface area contributed by atoms with Crippen LogP contribution in [-0.2, 0) is 0 Å². The molecule has 2 aliphatic rings. The Labute approximate surface area is 185 Å². The molecule has 3 nitrogen and oxygen atoms in total. The first-order valence-corrected chi connectivity index (χ1v) is 11.3. The van der Waals surface area contributed by atoms with Crippen LogP contribution in [0, 0.1) is 32.1 Å². The van der Waals surface area contributed by atoms with Gasteiger partial charge in [-0.3, -0.25) is 0 Å². The molecule has 0 bridgehead atoms. The number of benzene rings is 2. The van der Waals surface area contributed by atoms with Crippen LogP contribution in [0.15, 0.2) is 60.7 Å². The fourth-order valence-corrected chi connectivity index (χ4v) is 5.93. The van der Waals surface area contributed by atoms with Gasteiger partial charge in [-0.15, -0.1) is 10.2 Å². The van der Waals surface area contributed by atoms with Gasteiger partial charge in [0.15, 0.2) is 5.82 Å². The highest BCUT2D eigenvalue weighted by Crippen LogP contribution is 2.49. The van der Waals surface area contributed by atoms with E-state index in [0.717, 1.165) is 11.5 Å². The number of hydrogen-bond acceptors (Lipinski definition) is 3. The number of anilines is 1. The minimum Gasteiger partial charge on any atom is -0.354 e. The Morgan fingerprint density at radius 3 is 2.42 bits per heavy atom. The van der Waals surface area contributed by atoms with E-state index in [9.17, 15) is 0 Å². The molecule has 1 fully saturated rings. The second-order valence-corrected chi connectivity index (χ2v) is 9.68. The number of nitrogens with zero attached hydrogens (tertiary/aromatic N) is 3. The molecule has 1 heterocycles. The van der Waals surface area contributed by atoms with Gasteiger partial charge in [0.25, 0.3) is 0 Å². The van der Waals surface area contributed by atoms with Crippen LogP contribution in [0.25, 0.3) is 22.0 Å². The molecule has 3 unspecified atom stereocenters. The Morgan fingerprint density at radius 2 is 1.68 bits per heavy atom. The van der Waals surface area contributed by atoms with Crippen LogP contribution in [0.5, 0.6) is 0 Å². The van der Waals surface area contributed by atoms with Crippen molar-refractivity contribution in [1.29, 1.82) is 0 Å². The molecule has 1 aromatic heterocycles. The predicted molar refractivity (Wildman–Crippen MR) is 130 cm³/mol. The van der Waals surface area contributed by atoms with Crippen molar-refractivity contribution >= 4 is 16.6 Å². The molecule has 158 valence electrons. The lowest BCUT2D eigenvalue weighted by atomic mass is 9.76. The van der Waals surface area contributed by atoms with Gasteiger partial charge in [-0.2, -0.15) is 0 Å². The van der Waals surface area contributed by atoms with Gasteiger partial charge in [-0.1, -0.05) is 73.2 Å². The monoisotopic (exact) mass is 409 g/mol. The molecular weight excluding hydrogens is 378 g/mol. The summed E-state index contributed by atoms with van der Waals surface area (Å²) in [5, 5.41) is 12.0. The van der Waals surface area contributed by atoms with E-state index < -0.39 is 0 Å². The van der Waals surface area contributed by atoms with Crippen molar-refractivity contribution in [2.45, 2.75) is 46.6 Å². The fourth-order valence-electron chi connectivity index (χ4n) is 5.93. The molecule has 0 saturated heterocycles. The van der Waals surface area contributed by atoms with E-state index in [2.05, 4.69) is 100 Å². The summed E-state index contributed by atoms with van der Waals surface area (Å²) < 4.78 is 0. The van der Waals surface area contributed by atoms with E-state index in [1.54, 1.807) is 0 Å². The Hall–Kier alpha value is -2.94. The topological polar surface area (TPSA) is 29.0 Å². The first-order chi connectivity index (χ1) is 14.9. The average Bonchev–Trinajstić information content (AvgIpc) is 3.10. The summed E-state index contributed by atoms with van der Waals surface area (Å²) in [5.41, 5.74) is 6.23. The molecule has 3 aromatic rings. The highest BCUT2D eigenvalue weighted by Gasteiger charge is 2.45. The highest BCUT2D eigenvalue weighted by atomic mass is 15.3. The van der Waals surface area contributed by atoms with Crippen molar-refractivity contribution in [2.24, 2.45) is 11.3 Å². The van der Waals surface area contributed by atoms with Gasteiger partial charge in [0.2, 0.25) is 0 Å². The van der Waals surface area contributed by atoms with E-state index >= 15 is 0 Å². The number of aromatic nitrogens is 2. The number of rotatable bonds is 3. The summed E-state index contributed by atoms with van der Waals surface area (Å²) >= 11 is 0. The first-order valence-electron chi connectivity index (χ1n) is 11.3. The molecule has 2 aromatic carbocycles. The molecule has 0 N–H and O–H groups in total. The van der Waals surface area contributed by atoms with Crippen LogP contribution < -0.4 is 4.90 Å². The minimum absolute atomic E-state index is 0.243. The van der Waals surface area contributed by atoms with Crippen LogP contribution >= 0.6 is 0 Å². The van der Waals surface area contributed by atoms with Crippen molar-refractivity contribution in [3.63, 3.8) is 0 Å². The third-order valence-corrected chi connectivity index (χ3v) is 7.47. The molecule has 3 atom stereocenters. The second kappa shape index (κ2) is 7.33. The minimum atomic E-state index is 0.243. The maximum atomic E-state index is 4.83. The summed E-state index contributed by atoms with van der Waals surface area (Å²) in [6.07, 6.45) is 11.6. The largest absolute Gasteiger partial charge is 0.354 e. The van der Waals surface area contributed by atoms with Crippen LogP contribution in [0.1, 0.15) is 36.5 Å². The van der Waals surface area contributed by atoms with Gasteiger partial charge in [0.1, 0.15) is 5.69 Å². The Kier molecular flexibility index (Phi) is 4.73. The smallest absolute Gasteiger partial charge is 0.159 e. The number of aryl methyl sites for hydroxylation is 3. The second-order valence-electron chi connectivity index (χ2n) is 9.68. The zero-order chi connectivity index (χ0) is 21.8. The van der Waals surface area contributed by atoms with E-state index in [1.165, 1.54) is 45.9 Å². The average molecular weight is 410 g/mol. The molecule has 0 aliphatic heterocycles. The quantitative estimate of drug-likeness (QED) is 0.490. The van der Waals surface area contributed by atoms with E-state index in [-0.39, 0.29) is 5.41 Å². The zero-order valence-electron chi connectivity index (χ0n) is 19.2. The summed E-state index contributed by atoms with van der Waals surface area (Å²) in [4.78, 5) is 2.38. The molecule has 0 spiro atoms. The van der Waals surface area contributed by atoms with Crippen molar-refractivity contribution < 1.29 is 0 Å². The van der Waals surface area contributed by atoms with Crippen LogP contribution in [0.3, 0.4) is 0 Å². The molecule has 1 saturated carbocycles. The van der Waals surface area contributed by atoms with Gasteiger partial charge >= 0.3 is 0 Å². The van der Waals surface area contributed by atoms with Crippen LogP contribution in [0.4, 0.5) is 5.82 Å². The lowest BCUT2D eigenvalue weighted by Gasteiger charge is -2.36. The van der Waals surface area contributed by atoms with Crippen molar-refractivity contribution in [2.75, 3.05) is 11.9 Å². The van der Waals surface area contributed by atoms with E-state index in [1.807, 2.05) is 0 Å². The fraction of sp³-hybridized carbons (Fsp3) is 0.357. The molecule has 2 aliphatic carbocycles. The van der Waals surface area contributed by atoms with Crippen LogP contribution in [-0.4, -0.2) is 23.3 Å². The van der Waals surface area contributed by atoms with Gasteiger partial charge in [0.05, 0.1) is 0 Å². The summed E-state index contributed by atoms with van der Waals surface area (Å²) in [6.45, 7) is 8.89. The predicted octanol–water partition coefficient (Wildman–Crippen LogP) is 6.57. The molecule has 0 radical (unpaired) electrons. The van der Waals surface area contributed by atoms with Gasteiger partial charge < -0.3 is 4.90 Å². The Bertz CT molecular complexity index is 1200. The maximum Gasteiger partial charge on any atom is 0.159 e. The lowest BCUT2D eigenvalue weighted by molar-refractivity contribution is 0.340. The SMILES string of the molecule is Cc1cc(C)c(-c2nnc(N(C)C3CCC4(C)C=CC=CC34)c3ccccc23)c(C)c1. The zero-order valence-corrected chi connectivity index (χ0v) is 19.2. The number of fused-ring (bicyclic) bond motifs is 2. The Morgan fingerprint density at radius 1 is 0.968 bits per heavy atom. The highest BCUT2D eigenvalue weighted by molar-refractivity contribution is 6.01. The van der Waals surface area contributed by atoms with Crippen LogP contribution in [0.2, 0.25) is 0 Å². The van der Waals surface area contributed by atoms with Crippen molar-refractivity contribution in [1.82, 2.24) is 10.2 Å². The summed E-state index contributed by atoms with van der Waals surface area (Å²) in [7, 11) is 2.20. The molecule has 5 rings (SSSR count).